The van der Waals surface area contributed by atoms with Crippen molar-refractivity contribution in [2.75, 3.05) is 30.9 Å². The first-order valence-electron chi connectivity index (χ1n) is 11.0. The first kappa shape index (κ1) is 22.5. The third-order valence-corrected chi connectivity index (χ3v) is 5.21. The van der Waals surface area contributed by atoms with E-state index in [2.05, 4.69) is 25.6 Å². The SMILES string of the molecule is NCNC=NCc1ccc(Nc2nccc(-c3ccc(OC4CCOCC4)c(N)c3)n2)cc1. The van der Waals surface area contributed by atoms with Crippen molar-refractivity contribution in [2.24, 2.45) is 10.7 Å². The topological polar surface area (TPSA) is 133 Å². The number of hydrogen-bond donors (Lipinski definition) is 4. The summed E-state index contributed by atoms with van der Waals surface area (Å²) in [6.45, 7) is 2.39. The van der Waals surface area contributed by atoms with Crippen LogP contribution in [-0.4, -0.2) is 42.3 Å². The van der Waals surface area contributed by atoms with Crippen LogP contribution in [0.15, 0.2) is 59.7 Å². The van der Waals surface area contributed by atoms with E-state index in [1.807, 2.05) is 48.5 Å². The smallest absolute Gasteiger partial charge is 0.227 e. The van der Waals surface area contributed by atoms with Gasteiger partial charge in [0.1, 0.15) is 11.9 Å². The summed E-state index contributed by atoms with van der Waals surface area (Å²) in [6, 6.07) is 15.6. The lowest BCUT2D eigenvalue weighted by molar-refractivity contribution is 0.0259. The molecule has 0 radical (unpaired) electrons. The molecule has 0 atom stereocenters. The molecular formula is C24H29N7O2. The molecule has 6 N–H and O–H groups in total. The van der Waals surface area contributed by atoms with Gasteiger partial charge < -0.3 is 31.6 Å². The minimum Gasteiger partial charge on any atom is -0.488 e. The Bertz CT molecular complexity index is 1070. The van der Waals surface area contributed by atoms with Gasteiger partial charge in [0.2, 0.25) is 5.95 Å². The number of benzene rings is 2. The zero-order chi connectivity index (χ0) is 22.9. The van der Waals surface area contributed by atoms with Crippen LogP contribution in [0.25, 0.3) is 11.3 Å². The van der Waals surface area contributed by atoms with Gasteiger partial charge in [-0.3, -0.25) is 4.99 Å². The maximum absolute atomic E-state index is 6.27. The van der Waals surface area contributed by atoms with Gasteiger partial charge in [-0.15, -0.1) is 0 Å². The lowest BCUT2D eigenvalue weighted by Gasteiger charge is -2.24. The predicted molar refractivity (Wildman–Crippen MR) is 130 cm³/mol. The lowest BCUT2D eigenvalue weighted by Crippen LogP contribution is -2.26. The third-order valence-electron chi connectivity index (χ3n) is 5.21. The highest BCUT2D eigenvalue weighted by Crippen LogP contribution is 2.30. The molecule has 2 aromatic carbocycles. The van der Waals surface area contributed by atoms with Crippen LogP contribution in [-0.2, 0) is 11.3 Å². The molecule has 3 aromatic rings. The van der Waals surface area contributed by atoms with Gasteiger partial charge in [-0.25, -0.2) is 9.97 Å². The maximum atomic E-state index is 6.27. The number of aromatic nitrogens is 2. The first-order chi connectivity index (χ1) is 16.2. The number of anilines is 3. The van der Waals surface area contributed by atoms with Gasteiger partial charge in [0.25, 0.3) is 0 Å². The summed E-state index contributed by atoms with van der Waals surface area (Å²) in [5, 5.41) is 6.08. The highest BCUT2D eigenvalue weighted by Gasteiger charge is 2.17. The molecule has 1 aliphatic heterocycles. The molecule has 172 valence electrons. The molecule has 0 saturated carbocycles. The van der Waals surface area contributed by atoms with E-state index in [1.54, 1.807) is 12.5 Å². The van der Waals surface area contributed by atoms with Crippen molar-refractivity contribution in [1.29, 1.82) is 0 Å². The molecule has 1 saturated heterocycles. The van der Waals surface area contributed by atoms with Gasteiger partial charge in [-0.1, -0.05) is 12.1 Å². The van der Waals surface area contributed by atoms with Crippen molar-refractivity contribution in [3.63, 3.8) is 0 Å². The van der Waals surface area contributed by atoms with Crippen molar-refractivity contribution in [3.05, 3.63) is 60.3 Å². The van der Waals surface area contributed by atoms with E-state index < -0.39 is 0 Å². The van der Waals surface area contributed by atoms with Crippen LogP contribution in [0, 0.1) is 0 Å². The predicted octanol–water partition coefficient (Wildman–Crippen LogP) is 3.06. The van der Waals surface area contributed by atoms with Crippen molar-refractivity contribution in [2.45, 2.75) is 25.5 Å². The minimum absolute atomic E-state index is 0.141. The Kier molecular flexibility index (Phi) is 7.68. The molecule has 0 bridgehead atoms. The van der Waals surface area contributed by atoms with Crippen molar-refractivity contribution in [1.82, 2.24) is 15.3 Å². The maximum Gasteiger partial charge on any atom is 0.227 e. The molecule has 33 heavy (non-hydrogen) atoms. The summed E-state index contributed by atoms with van der Waals surface area (Å²) in [5.41, 5.74) is 15.9. The number of nitrogens with one attached hydrogen (secondary N) is 2. The highest BCUT2D eigenvalue weighted by atomic mass is 16.5. The molecule has 0 spiro atoms. The molecule has 0 aliphatic carbocycles. The van der Waals surface area contributed by atoms with Gasteiger partial charge in [-0.2, -0.15) is 0 Å². The van der Waals surface area contributed by atoms with Gasteiger partial charge >= 0.3 is 0 Å². The van der Waals surface area contributed by atoms with Crippen molar-refractivity contribution in [3.8, 4) is 17.0 Å². The van der Waals surface area contributed by atoms with Crippen LogP contribution in [0.2, 0.25) is 0 Å². The molecule has 1 aliphatic rings. The normalized spacial score (nSPS) is 14.3. The second-order valence-corrected chi connectivity index (χ2v) is 7.65. The van der Waals surface area contributed by atoms with Crippen molar-refractivity contribution < 1.29 is 9.47 Å². The quantitative estimate of drug-likeness (QED) is 0.170. The molecule has 1 aromatic heterocycles. The number of rotatable bonds is 9. The van der Waals surface area contributed by atoms with Crippen molar-refractivity contribution >= 4 is 23.7 Å². The van der Waals surface area contributed by atoms with E-state index >= 15 is 0 Å². The summed E-state index contributed by atoms with van der Waals surface area (Å²) in [6.07, 6.45) is 5.23. The highest BCUT2D eigenvalue weighted by molar-refractivity contribution is 5.69. The standard InChI is InChI=1S/C24H29N7O2/c25-15-28-16-27-14-17-1-4-19(5-2-17)30-24-29-10-7-22(31-24)18-3-6-23(21(26)13-18)33-20-8-11-32-12-9-20/h1-7,10,13,16,20H,8-9,11-12,14-15,25-26H2,(H,27,28)(H,29,30,31). The summed E-state index contributed by atoms with van der Waals surface area (Å²) in [7, 11) is 0. The monoisotopic (exact) mass is 447 g/mol. The minimum atomic E-state index is 0.141. The van der Waals surface area contributed by atoms with E-state index in [0.717, 1.165) is 48.6 Å². The Morgan fingerprint density at radius 2 is 1.94 bits per heavy atom. The summed E-state index contributed by atoms with van der Waals surface area (Å²) in [4.78, 5) is 13.2. The summed E-state index contributed by atoms with van der Waals surface area (Å²) >= 11 is 0. The van der Waals surface area contributed by atoms with E-state index in [-0.39, 0.29) is 6.10 Å². The number of ether oxygens (including phenoxy) is 2. The second-order valence-electron chi connectivity index (χ2n) is 7.65. The van der Waals surface area contributed by atoms with Crippen LogP contribution in [0.3, 0.4) is 0 Å². The Labute approximate surface area is 193 Å². The molecule has 1 fully saturated rings. The fourth-order valence-corrected chi connectivity index (χ4v) is 3.46. The molecule has 9 heteroatoms. The average Bonchev–Trinajstić information content (AvgIpc) is 2.85. The van der Waals surface area contributed by atoms with Crippen LogP contribution in [0.5, 0.6) is 5.75 Å². The van der Waals surface area contributed by atoms with Crippen LogP contribution < -0.4 is 26.8 Å². The molecule has 0 unspecified atom stereocenters. The summed E-state index contributed by atoms with van der Waals surface area (Å²) < 4.78 is 11.4. The number of nitrogen functional groups attached to an aromatic ring is 1. The Morgan fingerprint density at radius 3 is 2.70 bits per heavy atom. The van der Waals surface area contributed by atoms with Crippen LogP contribution >= 0.6 is 0 Å². The summed E-state index contributed by atoms with van der Waals surface area (Å²) in [5.74, 6) is 1.20. The Morgan fingerprint density at radius 1 is 1.12 bits per heavy atom. The van der Waals surface area contributed by atoms with Gasteiger partial charge in [0, 0.05) is 30.3 Å². The molecule has 2 heterocycles. The van der Waals surface area contributed by atoms with E-state index in [9.17, 15) is 0 Å². The van der Waals surface area contributed by atoms with E-state index in [4.69, 9.17) is 20.9 Å². The zero-order valence-electron chi connectivity index (χ0n) is 18.4. The molecule has 9 nitrogen and oxygen atoms in total. The third kappa shape index (κ3) is 6.41. The Balaban J connectivity index is 1.40. The molecule has 0 amide bonds. The largest absolute Gasteiger partial charge is 0.488 e. The van der Waals surface area contributed by atoms with Gasteiger partial charge in [0.05, 0.1) is 44.1 Å². The van der Waals surface area contributed by atoms with Crippen LogP contribution in [0.4, 0.5) is 17.3 Å². The Hall–Kier alpha value is -3.69. The number of aliphatic imine (C=N–C) groups is 1. The fraction of sp³-hybridized carbons (Fsp3) is 0.292. The first-order valence-corrected chi connectivity index (χ1v) is 11.0. The number of nitrogens with two attached hydrogens (primary N) is 2. The number of hydrogen-bond acceptors (Lipinski definition) is 8. The van der Waals surface area contributed by atoms with Gasteiger partial charge in [0.15, 0.2) is 0 Å². The molecular weight excluding hydrogens is 418 g/mol. The van der Waals surface area contributed by atoms with Gasteiger partial charge in [-0.05, 0) is 42.0 Å². The zero-order valence-corrected chi connectivity index (χ0v) is 18.4. The van der Waals surface area contributed by atoms with E-state index in [0.29, 0.717) is 30.6 Å². The van der Waals surface area contributed by atoms with E-state index in [1.165, 1.54) is 0 Å². The van der Waals surface area contributed by atoms with Crippen LogP contribution in [0.1, 0.15) is 18.4 Å². The lowest BCUT2D eigenvalue weighted by atomic mass is 10.1. The number of nitrogens with zero attached hydrogens (tertiary/aromatic N) is 3. The average molecular weight is 448 g/mol. The second kappa shape index (κ2) is 11.3. The molecule has 4 rings (SSSR count). The fourth-order valence-electron chi connectivity index (χ4n) is 3.46.